The van der Waals surface area contributed by atoms with E-state index in [1.807, 2.05) is 0 Å². The molecule has 0 spiro atoms. The van der Waals surface area contributed by atoms with E-state index >= 15 is 0 Å². The number of amides is 1. The lowest BCUT2D eigenvalue weighted by molar-refractivity contribution is -0.385. The van der Waals surface area contributed by atoms with Crippen molar-refractivity contribution in [1.82, 2.24) is 20.5 Å². The molecule has 0 bridgehead atoms. The molecule has 0 radical (unpaired) electrons. The van der Waals surface area contributed by atoms with Gasteiger partial charge in [-0.3, -0.25) is 24.8 Å². The molecule has 1 aromatic heterocycles. The molecule has 8 nitrogen and oxygen atoms in total. The summed E-state index contributed by atoms with van der Waals surface area (Å²) in [5.74, 6) is -0.821. The Hall–Kier alpha value is -2.27. The number of carbonyl (C=O) groups is 1. The van der Waals surface area contributed by atoms with Gasteiger partial charge in [0.25, 0.3) is 11.6 Å². The van der Waals surface area contributed by atoms with E-state index in [0.29, 0.717) is 13.1 Å². The summed E-state index contributed by atoms with van der Waals surface area (Å²) in [7, 11) is 0. The second-order valence-electron chi connectivity index (χ2n) is 5.64. The quantitative estimate of drug-likeness (QED) is 0.596. The van der Waals surface area contributed by atoms with E-state index in [0.717, 1.165) is 12.3 Å². The average Bonchev–Trinajstić information content (AvgIpc) is 2.54. The number of nitro groups is 1. The first-order valence-corrected chi connectivity index (χ1v) is 7.61. The van der Waals surface area contributed by atoms with E-state index in [4.69, 9.17) is 0 Å². The molecule has 2 N–H and O–H groups in total. The number of pyridine rings is 1. The summed E-state index contributed by atoms with van der Waals surface area (Å²) in [4.78, 5) is 27.2. The maximum atomic E-state index is 13.3. The number of aromatic nitrogens is 1. The Balaban J connectivity index is 2.10. The van der Waals surface area contributed by atoms with Gasteiger partial charge in [0.05, 0.1) is 16.2 Å². The fourth-order valence-corrected chi connectivity index (χ4v) is 2.58. The molecule has 0 aliphatic carbocycles. The van der Waals surface area contributed by atoms with E-state index in [2.05, 4.69) is 15.6 Å². The highest BCUT2D eigenvalue weighted by atomic mass is 19.4. The van der Waals surface area contributed by atoms with Crippen LogP contribution in [-0.4, -0.2) is 65.7 Å². The van der Waals surface area contributed by atoms with Crippen LogP contribution in [0.3, 0.4) is 0 Å². The highest BCUT2D eigenvalue weighted by Gasteiger charge is 2.43. The molecular weight excluding hydrogens is 343 g/mol. The topological polar surface area (TPSA) is 100 Å². The van der Waals surface area contributed by atoms with E-state index in [1.54, 1.807) is 0 Å². The maximum Gasteiger partial charge on any atom is 0.405 e. The summed E-state index contributed by atoms with van der Waals surface area (Å²) in [6, 6.07) is -0.809. The third-order valence-electron chi connectivity index (χ3n) is 3.95. The van der Waals surface area contributed by atoms with Crippen LogP contribution >= 0.6 is 0 Å². The van der Waals surface area contributed by atoms with Gasteiger partial charge in [-0.1, -0.05) is 0 Å². The van der Waals surface area contributed by atoms with E-state index in [1.165, 1.54) is 11.8 Å². The van der Waals surface area contributed by atoms with Crippen LogP contribution in [0.5, 0.6) is 0 Å². The van der Waals surface area contributed by atoms with Crippen LogP contribution in [0.15, 0.2) is 12.3 Å². The van der Waals surface area contributed by atoms with Crippen LogP contribution < -0.4 is 10.6 Å². The minimum absolute atomic E-state index is 0.115. The molecule has 1 aliphatic heterocycles. The molecule has 2 rings (SSSR count). The van der Waals surface area contributed by atoms with Gasteiger partial charge in [0, 0.05) is 38.8 Å². The molecule has 1 saturated heterocycles. The molecule has 1 aromatic rings. The molecule has 0 saturated carbocycles. The van der Waals surface area contributed by atoms with Crippen molar-refractivity contribution in [2.75, 3.05) is 32.7 Å². The number of nitrogens with zero attached hydrogens (tertiary/aromatic N) is 3. The van der Waals surface area contributed by atoms with Crippen LogP contribution in [-0.2, 0) is 0 Å². The van der Waals surface area contributed by atoms with Crippen molar-refractivity contribution in [2.45, 2.75) is 19.1 Å². The summed E-state index contributed by atoms with van der Waals surface area (Å²) < 4.78 is 39.9. The highest BCUT2D eigenvalue weighted by molar-refractivity contribution is 5.95. The predicted molar refractivity (Wildman–Crippen MR) is 82.2 cm³/mol. The molecule has 1 amide bonds. The number of rotatable bonds is 5. The van der Waals surface area contributed by atoms with Gasteiger partial charge in [0.1, 0.15) is 12.2 Å². The van der Waals surface area contributed by atoms with Gasteiger partial charge in [0.15, 0.2) is 0 Å². The second kappa shape index (κ2) is 7.74. The third kappa shape index (κ3) is 4.86. The molecule has 25 heavy (non-hydrogen) atoms. The Morgan fingerprint density at radius 3 is 2.68 bits per heavy atom. The van der Waals surface area contributed by atoms with E-state index in [-0.39, 0.29) is 24.3 Å². The molecule has 1 fully saturated rings. The van der Waals surface area contributed by atoms with Gasteiger partial charge in [-0.2, -0.15) is 13.2 Å². The fourth-order valence-electron chi connectivity index (χ4n) is 2.58. The first-order valence-electron chi connectivity index (χ1n) is 7.61. The lowest BCUT2D eigenvalue weighted by Gasteiger charge is -2.35. The minimum Gasteiger partial charge on any atom is -0.350 e. The van der Waals surface area contributed by atoms with Crippen molar-refractivity contribution >= 4 is 11.6 Å². The number of nitrogens with one attached hydrogen (secondary N) is 2. The first kappa shape index (κ1) is 19.1. The highest BCUT2D eigenvalue weighted by Crippen LogP contribution is 2.25. The van der Waals surface area contributed by atoms with Crippen molar-refractivity contribution in [1.29, 1.82) is 0 Å². The molecule has 2 heterocycles. The number of hydrogen-bond donors (Lipinski definition) is 2. The minimum atomic E-state index is -4.50. The third-order valence-corrected chi connectivity index (χ3v) is 3.95. The first-order chi connectivity index (χ1) is 11.7. The summed E-state index contributed by atoms with van der Waals surface area (Å²) in [5.41, 5.74) is -0.311. The van der Waals surface area contributed by atoms with Crippen LogP contribution in [0.4, 0.5) is 18.9 Å². The molecule has 11 heteroatoms. The Bertz CT molecular complexity index is 647. The van der Waals surface area contributed by atoms with Gasteiger partial charge >= 0.3 is 6.18 Å². The molecule has 0 aromatic carbocycles. The number of halogens is 3. The SMILES string of the molecule is Cc1ncc([N+](=O)[O-])cc1C(=O)NCC(N1CCNCC1)C(F)(F)F. The summed E-state index contributed by atoms with van der Waals surface area (Å²) in [6.07, 6.45) is -3.51. The smallest absolute Gasteiger partial charge is 0.350 e. The average molecular weight is 361 g/mol. The Morgan fingerprint density at radius 1 is 1.48 bits per heavy atom. The van der Waals surface area contributed by atoms with Gasteiger partial charge < -0.3 is 10.6 Å². The molecule has 1 aliphatic rings. The van der Waals surface area contributed by atoms with Crippen molar-refractivity contribution in [3.8, 4) is 0 Å². The van der Waals surface area contributed by atoms with E-state index < -0.39 is 35.3 Å². The van der Waals surface area contributed by atoms with Gasteiger partial charge in [0.2, 0.25) is 0 Å². The molecule has 1 atom stereocenters. The number of hydrogen-bond acceptors (Lipinski definition) is 6. The van der Waals surface area contributed by atoms with Crippen molar-refractivity contribution in [3.05, 3.63) is 33.6 Å². The monoisotopic (exact) mass is 361 g/mol. The standard InChI is InChI=1S/C14H18F3N5O3/c1-9-11(6-10(7-19-9)22(24)25)13(23)20-8-12(14(15,16)17)21-4-2-18-3-5-21/h6-7,12,18H,2-5,8H2,1H3,(H,20,23). The largest absolute Gasteiger partial charge is 0.405 e. The Morgan fingerprint density at radius 2 is 2.12 bits per heavy atom. The van der Waals surface area contributed by atoms with Crippen molar-refractivity contribution < 1.29 is 22.9 Å². The normalized spacial score (nSPS) is 17.1. The zero-order valence-electron chi connectivity index (χ0n) is 13.5. The second-order valence-corrected chi connectivity index (χ2v) is 5.64. The zero-order valence-corrected chi connectivity index (χ0v) is 13.5. The lowest BCUT2D eigenvalue weighted by Crippen LogP contribution is -2.57. The van der Waals surface area contributed by atoms with E-state index in [9.17, 15) is 28.1 Å². The summed E-state index contributed by atoms with van der Waals surface area (Å²) in [5, 5.41) is 16.0. The van der Waals surface area contributed by atoms with Crippen molar-refractivity contribution in [3.63, 3.8) is 0 Å². The molecular formula is C14H18F3N5O3. The van der Waals surface area contributed by atoms with Gasteiger partial charge in [-0.15, -0.1) is 0 Å². The van der Waals surface area contributed by atoms with Gasteiger partial charge in [-0.25, -0.2) is 0 Å². The fraction of sp³-hybridized carbons (Fsp3) is 0.571. The molecule has 138 valence electrons. The number of carbonyl (C=O) groups excluding carboxylic acids is 1. The van der Waals surface area contributed by atoms with Crippen LogP contribution in [0.1, 0.15) is 16.1 Å². The maximum absolute atomic E-state index is 13.3. The Labute approximate surface area is 141 Å². The lowest BCUT2D eigenvalue weighted by atomic mass is 10.1. The number of aryl methyl sites for hydroxylation is 1. The van der Waals surface area contributed by atoms with Crippen molar-refractivity contribution in [2.24, 2.45) is 0 Å². The van der Waals surface area contributed by atoms with Crippen LogP contribution in [0.25, 0.3) is 0 Å². The van der Waals surface area contributed by atoms with Crippen LogP contribution in [0, 0.1) is 17.0 Å². The van der Waals surface area contributed by atoms with Gasteiger partial charge in [-0.05, 0) is 6.92 Å². The van der Waals surface area contributed by atoms with Crippen LogP contribution in [0.2, 0.25) is 0 Å². The summed E-state index contributed by atoms with van der Waals surface area (Å²) in [6.45, 7) is 2.14. The number of piperazine rings is 1. The number of alkyl halides is 3. The molecule has 1 unspecified atom stereocenters. The Kier molecular flexibility index (Phi) is 5.90. The predicted octanol–water partition coefficient (Wildman–Crippen LogP) is 0.864. The summed E-state index contributed by atoms with van der Waals surface area (Å²) >= 11 is 0. The zero-order chi connectivity index (χ0) is 18.6.